The lowest BCUT2D eigenvalue weighted by Crippen LogP contribution is -2.20. The van der Waals surface area contributed by atoms with Gasteiger partial charge >= 0.3 is 0 Å². The van der Waals surface area contributed by atoms with E-state index in [1.165, 1.54) is 30.1 Å². The van der Waals surface area contributed by atoms with Crippen LogP contribution >= 0.6 is 23.4 Å². The zero-order valence-electron chi connectivity index (χ0n) is 18.5. The summed E-state index contributed by atoms with van der Waals surface area (Å²) in [4.78, 5) is 22.7. The molecule has 0 aliphatic rings. The topological polar surface area (TPSA) is 115 Å². The van der Waals surface area contributed by atoms with E-state index in [9.17, 15) is 14.9 Å². The third-order valence-corrected chi connectivity index (χ3v) is 6.03. The Kier molecular flexibility index (Phi) is 7.54. The second-order valence-electron chi connectivity index (χ2n) is 7.42. The lowest BCUT2D eigenvalue weighted by molar-refractivity contribution is -0.384. The second-order valence-corrected chi connectivity index (χ2v) is 8.80. The van der Waals surface area contributed by atoms with E-state index in [2.05, 4.69) is 20.7 Å². The van der Waals surface area contributed by atoms with Gasteiger partial charge in [0.15, 0.2) is 11.0 Å². The maximum atomic E-state index is 12.4. The molecule has 0 saturated carbocycles. The number of non-ortho nitro benzene ring substituents is 1. The fourth-order valence-electron chi connectivity index (χ4n) is 3.14. The molecule has 1 heterocycles. The highest BCUT2D eigenvalue weighted by molar-refractivity contribution is 7.99. The summed E-state index contributed by atoms with van der Waals surface area (Å²) in [5.74, 6) is 0.310. The van der Waals surface area contributed by atoms with Crippen molar-refractivity contribution in [2.24, 2.45) is 5.10 Å². The van der Waals surface area contributed by atoms with Crippen molar-refractivity contribution in [2.75, 3.05) is 5.75 Å². The molecule has 0 aliphatic heterocycles. The Labute approximate surface area is 210 Å². The van der Waals surface area contributed by atoms with E-state index in [1.807, 2.05) is 47.9 Å². The van der Waals surface area contributed by atoms with Crippen LogP contribution in [0.2, 0.25) is 5.02 Å². The van der Waals surface area contributed by atoms with Crippen molar-refractivity contribution in [1.82, 2.24) is 20.2 Å². The molecule has 0 fully saturated rings. The summed E-state index contributed by atoms with van der Waals surface area (Å²) in [6, 6.07) is 21.1. The maximum absolute atomic E-state index is 12.4. The van der Waals surface area contributed by atoms with Crippen LogP contribution in [-0.2, 0) is 4.79 Å². The van der Waals surface area contributed by atoms with E-state index >= 15 is 0 Å². The number of amides is 1. The van der Waals surface area contributed by atoms with Crippen molar-refractivity contribution in [2.45, 2.75) is 12.1 Å². The molecule has 0 saturated heterocycles. The molecule has 9 nitrogen and oxygen atoms in total. The van der Waals surface area contributed by atoms with Gasteiger partial charge in [0, 0.05) is 34.0 Å². The number of hydrazone groups is 1. The number of benzene rings is 3. The van der Waals surface area contributed by atoms with Crippen molar-refractivity contribution in [1.29, 1.82) is 0 Å². The van der Waals surface area contributed by atoms with Gasteiger partial charge < -0.3 is 0 Å². The van der Waals surface area contributed by atoms with Gasteiger partial charge in [-0.05, 0) is 31.2 Å². The van der Waals surface area contributed by atoms with Crippen LogP contribution in [0.4, 0.5) is 5.69 Å². The summed E-state index contributed by atoms with van der Waals surface area (Å²) in [6.45, 7) is 2.01. The maximum Gasteiger partial charge on any atom is 0.270 e. The molecule has 1 N–H and O–H groups in total. The van der Waals surface area contributed by atoms with E-state index in [1.54, 1.807) is 24.3 Å². The molecular formula is C24H19ClN6O3S. The van der Waals surface area contributed by atoms with E-state index in [-0.39, 0.29) is 17.3 Å². The van der Waals surface area contributed by atoms with Crippen molar-refractivity contribution >= 4 is 41.2 Å². The Morgan fingerprint density at radius 1 is 1.14 bits per heavy atom. The molecule has 4 aromatic rings. The molecule has 0 atom stereocenters. The molecule has 3 aromatic carbocycles. The highest BCUT2D eigenvalue weighted by Crippen LogP contribution is 2.28. The van der Waals surface area contributed by atoms with Gasteiger partial charge in [0.25, 0.3) is 11.6 Å². The summed E-state index contributed by atoms with van der Waals surface area (Å²) < 4.78 is 1.87. The molecule has 35 heavy (non-hydrogen) atoms. The number of halogens is 1. The normalized spacial score (nSPS) is 11.0. The highest BCUT2D eigenvalue weighted by Gasteiger charge is 2.17. The number of aromatic nitrogens is 3. The molecule has 11 heteroatoms. The first-order valence-electron chi connectivity index (χ1n) is 10.4. The molecule has 0 radical (unpaired) electrons. The number of nitro groups is 1. The van der Waals surface area contributed by atoms with Crippen LogP contribution in [0.25, 0.3) is 17.1 Å². The van der Waals surface area contributed by atoms with Gasteiger partial charge in [-0.2, -0.15) is 5.10 Å². The minimum absolute atomic E-state index is 0.0336. The molecule has 0 bridgehead atoms. The van der Waals surface area contributed by atoms with Crippen LogP contribution < -0.4 is 5.43 Å². The largest absolute Gasteiger partial charge is 0.272 e. The number of hydrogen-bond acceptors (Lipinski definition) is 7. The van der Waals surface area contributed by atoms with E-state index in [4.69, 9.17) is 11.6 Å². The number of nitrogens with zero attached hydrogens (tertiary/aromatic N) is 5. The Morgan fingerprint density at radius 3 is 2.60 bits per heavy atom. The number of rotatable bonds is 8. The third kappa shape index (κ3) is 6.11. The van der Waals surface area contributed by atoms with Gasteiger partial charge in [-0.15, -0.1) is 10.2 Å². The quantitative estimate of drug-likeness (QED) is 0.155. The lowest BCUT2D eigenvalue weighted by atomic mass is 10.1. The van der Waals surface area contributed by atoms with Gasteiger partial charge in [-0.3, -0.25) is 19.5 Å². The fourth-order valence-corrected chi connectivity index (χ4v) is 4.01. The van der Waals surface area contributed by atoms with Gasteiger partial charge in [-0.25, -0.2) is 5.43 Å². The smallest absolute Gasteiger partial charge is 0.270 e. The molecular weight excluding hydrogens is 488 g/mol. The summed E-state index contributed by atoms with van der Waals surface area (Å²) >= 11 is 7.27. The molecule has 1 amide bonds. The number of nitrogens with one attached hydrogen (secondary N) is 1. The molecule has 1 aromatic heterocycles. The summed E-state index contributed by atoms with van der Waals surface area (Å²) in [5.41, 5.74) is 5.69. The molecule has 0 aliphatic carbocycles. The second kappa shape index (κ2) is 10.9. The number of hydrogen-bond donors (Lipinski definition) is 1. The van der Waals surface area contributed by atoms with Crippen molar-refractivity contribution < 1.29 is 9.72 Å². The Morgan fingerprint density at radius 2 is 1.89 bits per heavy atom. The van der Waals surface area contributed by atoms with E-state index < -0.39 is 4.92 Å². The average molecular weight is 507 g/mol. The molecule has 4 rings (SSSR count). The molecule has 0 spiro atoms. The zero-order chi connectivity index (χ0) is 24.8. The van der Waals surface area contributed by atoms with E-state index in [0.717, 1.165) is 16.8 Å². The number of thioether (sulfide) groups is 1. The van der Waals surface area contributed by atoms with Crippen LogP contribution in [0.15, 0.2) is 83.1 Å². The van der Waals surface area contributed by atoms with Crippen LogP contribution in [0, 0.1) is 17.0 Å². The minimum atomic E-state index is -0.492. The standard InChI is InChI=1S/C24H19ClN6O3S/c1-16-5-7-18(8-6-16)23-28-29-24(30(23)20-11-9-19(25)10-12-20)35-15-22(32)27-26-14-17-3-2-4-21(13-17)31(33)34/h2-14H,15H2,1H3,(H,27,32)/b26-14+. The number of aryl methyl sites for hydroxylation is 1. The third-order valence-electron chi connectivity index (χ3n) is 4.84. The van der Waals surface area contributed by atoms with Crippen LogP contribution in [0.1, 0.15) is 11.1 Å². The summed E-state index contributed by atoms with van der Waals surface area (Å²) in [5, 5.41) is 24.6. The van der Waals surface area contributed by atoms with Gasteiger partial charge in [0.2, 0.25) is 0 Å². The average Bonchev–Trinajstić information content (AvgIpc) is 3.28. The fraction of sp³-hybridized carbons (Fsp3) is 0.0833. The van der Waals surface area contributed by atoms with Crippen molar-refractivity contribution in [3.05, 3.63) is 99.1 Å². The zero-order valence-corrected chi connectivity index (χ0v) is 20.0. The highest BCUT2D eigenvalue weighted by atomic mass is 35.5. The minimum Gasteiger partial charge on any atom is -0.272 e. The van der Waals surface area contributed by atoms with Gasteiger partial charge in [0.05, 0.1) is 16.9 Å². The Balaban J connectivity index is 1.49. The van der Waals surface area contributed by atoms with Gasteiger partial charge in [0.1, 0.15) is 0 Å². The van der Waals surface area contributed by atoms with E-state index in [0.29, 0.717) is 21.6 Å². The molecule has 0 unspecified atom stereocenters. The monoisotopic (exact) mass is 506 g/mol. The predicted octanol–water partition coefficient (Wildman–Crippen LogP) is 5.05. The van der Waals surface area contributed by atoms with Crippen molar-refractivity contribution in [3.8, 4) is 17.1 Å². The number of carbonyl (C=O) groups excluding carboxylic acids is 1. The first kappa shape index (κ1) is 24.1. The summed E-state index contributed by atoms with van der Waals surface area (Å²) in [6.07, 6.45) is 1.35. The Hall–Kier alpha value is -4.02. The van der Waals surface area contributed by atoms with Crippen LogP contribution in [-0.4, -0.2) is 37.6 Å². The predicted molar refractivity (Wildman–Crippen MR) is 136 cm³/mol. The first-order chi connectivity index (χ1) is 16.9. The SMILES string of the molecule is Cc1ccc(-c2nnc(SCC(=O)N/N=C/c3cccc([N+](=O)[O-])c3)n2-c2ccc(Cl)cc2)cc1. The first-order valence-corrected chi connectivity index (χ1v) is 11.7. The number of carbonyl (C=O) groups is 1. The lowest BCUT2D eigenvalue weighted by Gasteiger charge is -2.10. The van der Waals surface area contributed by atoms with Gasteiger partial charge in [-0.1, -0.05) is 65.3 Å². The molecule has 176 valence electrons. The number of nitro benzene ring substituents is 1. The Bertz CT molecular complexity index is 1390. The van der Waals surface area contributed by atoms with Crippen LogP contribution in [0.3, 0.4) is 0 Å². The van der Waals surface area contributed by atoms with Crippen LogP contribution in [0.5, 0.6) is 0 Å². The van der Waals surface area contributed by atoms with Crippen molar-refractivity contribution in [3.63, 3.8) is 0 Å². The summed E-state index contributed by atoms with van der Waals surface area (Å²) in [7, 11) is 0.